The summed E-state index contributed by atoms with van der Waals surface area (Å²) in [4.78, 5) is 2.39. The molecular formula is C66H47NO. The van der Waals surface area contributed by atoms with Crippen LogP contribution in [0.25, 0.3) is 109 Å². The Bertz CT molecular complexity index is 4130. The topological polar surface area (TPSA) is 16.4 Å². The molecule has 13 aromatic rings. The molecule has 0 saturated heterocycles. The summed E-state index contributed by atoms with van der Waals surface area (Å²) in [6, 6.07) is 84.7. The Morgan fingerprint density at radius 3 is 1.28 bits per heavy atom. The molecule has 0 aliphatic carbocycles. The molecule has 0 aliphatic rings. The SMILES string of the molecule is CC(C)(C)c1cccc2c1oc1c(N(c3ccc(-c4ccc5cc(-c6ccc7ccccc7c6)ccc5c4)cc3)c3ccc4cc(-c5ccc6ccccc6c5)ccc4c3)cc3ccccc3c12. The van der Waals surface area contributed by atoms with Crippen molar-refractivity contribution in [1.29, 1.82) is 0 Å². The Kier molecular flexibility index (Phi) is 9.13. The normalized spacial score (nSPS) is 12.0. The average molecular weight is 870 g/mol. The summed E-state index contributed by atoms with van der Waals surface area (Å²) in [5.41, 5.74) is 13.3. The molecule has 2 heteroatoms. The van der Waals surface area contributed by atoms with Crippen LogP contribution in [0.3, 0.4) is 0 Å². The summed E-state index contributed by atoms with van der Waals surface area (Å²) >= 11 is 0. The third-order valence-corrected chi connectivity index (χ3v) is 14.1. The van der Waals surface area contributed by atoms with E-state index in [1.807, 2.05) is 0 Å². The Hall–Kier alpha value is -8.46. The van der Waals surface area contributed by atoms with Gasteiger partial charge in [-0.25, -0.2) is 0 Å². The lowest BCUT2D eigenvalue weighted by Gasteiger charge is -2.27. The zero-order valence-electron chi connectivity index (χ0n) is 38.3. The lowest BCUT2D eigenvalue weighted by atomic mass is 9.86. The van der Waals surface area contributed by atoms with E-state index in [0.717, 1.165) is 44.6 Å². The van der Waals surface area contributed by atoms with Gasteiger partial charge in [0.2, 0.25) is 0 Å². The molecule has 0 unspecified atom stereocenters. The van der Waals surface area contributed by atoms with E-state index in [0.29, 0.717) is 0 Å². The van der Waals surface area contributed by atoms with Gasteiger partial charge in [-0.15, -0.1) is 0 Å². The molecule has 1 heterocycles. The summed E-state index contributed by atoms with van der Waals surface area (Å²) in [5.74, 6) is 0. The Morgan fingerprint density at radius 1 is 0.309 bits per heavy atom. The van der Waals surface area contributed by atoms with Crippen molar-refractivity contribution in [2.75, 3.05) is 4.90 Å². The molecule has 0 atom stereocenters. The van der Waals surface area contributed by atoms with Crippen LogP contribution in [0.2, 0.25) is 0 Å². The van der Waals surface area contributed by atoms with Crippen LogP contribution in [0.15, 0.2) is 235 Å². The Labute approximate surface area is 396 Å². The number of nitrogens with zero attached hydrogens (tertiary/aromatic N) is 1. The highest BCUT2D eigenvalue weighted by atomic mass is 16.3. The fourth-order valence-electron chi connectivity index (χ4n) is 10.5. The van der Waals surface area contributed by atoms with Gasteiger partial charge in [0.05, 0.1) is 5.69 Å². The van der Waals surface area contributed by atoms with E-state index in [-0.39, 0.29) is 5.41 Å². The molecule has 0 fully saturated rings. The van der Waals surface area contributed by atoms with E-state index in [2.05, 4.69) is 256 Å². The molecule has 12 aromatic carbocycles. The molecule has 0 aliphatic heterocycles. The monoisotopic (exact) mass is 869 g/mol. The first kappa shape index (κ1) is 39.9. The quantitative estimate of drug-likeness (QED) is 0.166. The van der Waals surface area contributed by atoms with Crippen molar-refractivity contribution in [3.8, 4) is 33.4 Å². The van der Waals surface area contributed by atoms with Crippen LogP contribution in [0.4, 0.5) is 17.1 Å². The first-order valence-electron chi connectivity index (χ1n) is 23.6. The summed E-state index contributed by atoms with van der Waals surface area (Å²) in [7, 11) is 0. The molecule has 13 rings (SSSR count). The highest BCUT2D eigenvalue weighted by Crippen LogP contribution is 2.48. The third kappa shape index (κ3) is 6.79. The second-order valence-corrected chi connectivity index (χ2v) is 19.4. The van der Waals surface area contributed by atoms with Gasteiger partial charge in [0.1, 0.15) is 5.58 Å². The number of fused-ring (bicyclic) bond motifs is 9. The van der Waals surface area contributed by atoms with Crippen LogP contribution in [0, 0.1) is 0 Å². The zero-order valence-corrected chi connectivity index (χ0v) is 38.3. The first-order valence-corrected chi connectivity index (χ1v) is 23.6. The number of hydrogen-bond acceptors (Lipinski definition) is 2. The van der Waals surface area contributed by atoms with Crippen LogP contribution in [0.5, 0.6) is 0 Å². The molecular weight excluding hydrogens is 823 g/mol. The Morgan fingerprint density at radius 2 is 0.721 bits per heavy atom. The molecule has 0 saturated carbocycles. The van der Waals surface area contributed by atoms with Crippen LogP contribution < -0.4 is 4.90 Å². The highest BCUT2D eigenvalue weighted by Gasteiger charge is 2.26. The molecule has 0 spiro atoms. The number of hydrogen-bond donors (Lipinski definition) is 0. The predicted octanol–water partition coefficient (Wildman–Crippen LogP) is 19.1. The van der Waals surface area contributed by atoms with Gasteiger partial charge >= 0.3 is 0 Å². The van der Waals surface area contributed by atoms with E-state index < -0.39 is 0 Å². The maximum absolute atomic E-state index is 7.20. The molecule has 2 nitrogen and oxygen atoms in total. The van der Waals surface area contributed by atoms with Gasteiger partial charge in [-0.1, -0.05) is 191 Å². The van der Waals surface area contributed by atoms with E-state index in [9.17, 15) is 0 Å². The van der Waals surface area contributed by atoms with E-state index in [4.69, 9.17) is 4.42 Å². The van der Waals surface area contributed by atoms with Gasteiger partial charge in [0.25, 0.3) is 0 Å². The minimum Gasteiger partial charge on any atom is -0.454 e. The van der Waals surface area contributed by atoms with E-state index in [1.165, 1.54) is 87.2 Å². The van der Waals surface area contributed by atoms with Gasteiger partial charge in [0, 0.05) is 27.7 Å². The fourth-order valence-corrected chi connectivity index (χ4v) is 10.5. The second kappa shape index (κ2) is 15.6. The van der Waals surface area contributed by atoms with Crippen molar-refractivity contribution in [2.24, 2.45) is 0 Å². The number of furan rings is 1. The first-order chi connectivity index (χ1) is 33.3. The predicted molar refractivity (Wildman–Crippen MR) is 291 cm³/mol. The molecule has 322 valence electrons. The molecule has 0 radical (unpaired) electrons. The third-order valence-electron chi connectivity index (χ3n) is 14.1. The minimum absolute atomic E-state index is 0.106. The number of rotatable bonds is 6. The second-order valence-electron chi connectivity index (χ2n) is 19.4. The molecule has 68 heavy (non-hydrogen) atoms. The largest absolute Gasteiger partial charge is 0.454 e. The van der Waals surface area contributed by atoms with Crippen molar-refractivity contribution in [3.05, 3.63) is 236 Å². The van der Waals surface area contributed by atoms with Crippen LogP contribution in [-0.4, -0.2) is 0 Å². The molecule has 0 N–H and O–H groups in total. The van der Waals surface area contributed by atoms with Crippen molar-refractivity contribution in [2.45, 2.75) is 26.2 Å². The standard InChI is InChI=1S/C66H47NO/c1-66(2,3)61-18-10-17-60-63-59-16-9-8-15-56(59)41-62(65(63)68-64(60)61)67(58-34-31-54-39-53(27-28-55(54)40-58)49-22-20-43-12-5-7-14-46(43)36-49)57-32-29-44(30-33-57)47-23-24-51-38-52(26-25-50(51)37-47)48-21-19-42-11-4-6-13-45(42)35-48/h4-41H,1-3H3. The van der Waals surface area contributed by atoms with E-state index in [1.54, 1.807) is 0 Å². The van der Waals surface area contributed by atoms with Gasteiger partial charge in [-0.05, 0) is 153 Å². The average Bonchev–Trinajstić information content (AvgIpc) is 3.78. The summed E-state index contributed by atoms with van der Waals surface area (Å²) in [6.45, 7) is 6.80. The summed E-state index contributed by atoms with van der Waals surface area (Å²) in [6.07, 6.45) is 0. The Balaban J connectivity index is 0.939. The van der Waals surface area contributed by atoms with Crippen LogP contribution in [-0.2, 0) is 5.41 Å². The lowest BCUT2D eigenvalue weighted by Crippen LogP contribution is -2.11. The van der Waals surface area contributed by atoms with Crippen LogP contribution in [0.1, 0.15) is 26.3 Å². The minimum atomic E-state index is -0.106. The van der Waals surface area contributed by atoms with Gasteiger partial charge in [0.15, 0.2) is 5.58 Å². The number of benzene rings is 12. The number of para-hydroxylation sites is 1. The lowest BCUT2D eigenvalue weighted by molar-refractivity contribution is 0.573. The van der Waals surface area contributed by atoms with Crippen molar-refractivity contribution in [3.63, 3.8) is 0 Å². The number of anilines is 3. The zero-order chi connectivity index (χ0) is 45.5. The maximum atomic E-state index is 7.20. The van der Waals surface area contributed by atoms with Crippen molar-refractivity contribution in [1.82, 2.24) is 0 Å². The van der Waals surface area contributed by atoms with Crippen LogP contribution >= 0.6 is 0 Å². The van der Waals surface area contributed by atoms with Crippen molar-refractivity contribution >= 4 is 92.9 Å². The van der Waals surface area contributed by atoms with E-state index >= 15 is 0 Å². The fraction of sp³-hybridized carbons (Fsp3) is 0.0606. The molecule has 0 amide bonds. The maximum Gasteiger partial charge on any atom is 0.160 e. The molecule has 0 bridgehead atoms. The summed E-state index contributed by atoms with van der Waals surface area (Å²) < 4.78 is 7.20. The summed E-state index contributed by atoms with van der Waals surface area (Å²) in [5, 5.41) is 14.5. The molecule has 1 aromatic heterocycles. The highest BCUT2D eigenvalue weighted by molar-refractivity contribution is 6.23. The van der Waals surface area contributed by atoms with Crippen molar-refractivity contribution < 1.29 is 4.42 Å². The van der Waals surface area contributed by atoms with Gasteiger partial charge in [-0.3, -0.25) is 0 Å². The van der Waals surface area contributed by atoms with Gasteiger partial charge < -0.3 is 9.32 Å². The smallest absolute Gasteiger partial charge is 0.160 e. The van der Waals surface area contributed by atoms with Gasteiger partial charge in [-0.2, -0.15) is 0 Å².